The monoisotopic (exact) mass is 807 g/mol. The molecule has 1 fully saturated rings. The lowest BCUT2D eigenvalue weighted by atomic mass is 10.2. The van der Waals surface area contributed by atoms with E-state index in [9.17, 15) is 0 Å². The Morgan fingerprint density at radius 2 is 1.30 bits per heavy atom. The summed E-state index contributed by atoms with van der Waals surface area (Å²) in [5.74, 6) is 0. The number of nitrogens with zero attached hydrogens (tertiary/aromatic N) is 7. The molecule has 0 radical (unpaired) electrons. The van der Waals surface area contributed by atoms with E-state index < -0.39 is 8.24 Å². The van der Waals surface area contributed by atoms with E-state index in [0.29, 0.717) is 16.0 Å². The van der Waals surface area contributed by atoms with Crippen LogP contribution in [-0.4, -0.2) is 77.8 Å². The molecule has 6 aromatic heterocycles. The van der Waals surface area contributed by atoms with E-state index in [2.05, 4.69) is 84.2 Å². The first kappa shape index (κ1) is 47.4. The SMILES string of the molecule is C.C1CCOC1.CC.CC(C)(C)[Si](C)(C)n1ccc2c(Cl)nc(Cl)nc21.CO.Cc1ncnc2[nH]ccc12.Cl.Clc1nc(Cl)c2cc[nH]c2n1. The molecule has 17 heteroatoms. The average Bonchev–Trinajstić information content (AvgIpc) is 3.87. The minimum atomic E-state index is -1.73. The summed E-state index contributed by atoms with van der Waals surface area (Å²) in [5.41, 5.74) is 3.43. The molecule has 0 unspecified atom stereocenters. The number of H-pyrrole nitrogens is 2. The predicted octanol–water partition coefficient (Wildman–Crippen LogP) is 10.6. The zero-order chi connectivity index (χ0) is 36.1. The second-order valence-corrected chi connectivity index (χ2v) is 18.0. The van der Waals surface area contributed by atoms with Crippen molar-refractivity contribution in [2.75, 3.05) is 20.3 Å². The van der Waals surface area contributed by atoms with Gasteiger partial charge in [0.05, 0.1) is 16.5 Å². The van der Waals surface area contributed by atoms with Crippen molar-refractivity contribution in [2.24, 2.45) is 0 Å². The third-order valence-electron chi connectivity index (χ3n) is 7.63. The van der Waals surface area contributed by atoms with E-state index in [4.69, 9.17) is 56.2 Å². The minimum absolute atomic E-state index is 0. The van der Waals surface area contributed by atoms with Crippen molar-refractivity contribution in [3.8, 4) is 0 Å². The average molecular weight is 810 g/mol. The summed E-state index contributed by atoms with van der Waals surface area (Å²) in [6.45, 7) is 19.4. The van der Waals surface area contributed by atoms with Gasteiger partial charge in [-0.2, -0.15) is 4.98 Å². The van der Waals surface area contributed by atoms with Crippen LogP contribution in [0, 0.1) is 6.92 Å². The lowest BCUT2D eigenvalue weighted by Gasteiger charge is -2.38. The van der Waals surface area contributed by atoms with Gasteiger partial charge in [0, 0.05) is 38.1 Å². The summed E-state index contributed by atoms with van der Waals surface area (Å²) < 4.78 is 7.20. The van der Waals surface area contributed by atoms with Crippen LogP contribution in [0.5, 0.6) is 0 Å². The number of nitrogens with one attached hydrogen (secondary N) is 2. The minimum Gasteiger partial charge on any atom is -0.400 e. The Hall–Kier alpha value is -2.55. The van der Waals surface area contributed by atoms with Gasteiger partial charge in [0.15, 0.2) is 8.24 Å². The van der Waals surface area contributed by atoms with E-state index in [1.807, 2.05) is 39.1 Å². The molecule has 0 aliphatic carbocycles. The number of fused-ring (bicyclic) bond motifs is 3. The van der Waals surface area contributed by atoms with Gasteiger partial charge in [-0.15, -0.1) is 12.4 Å². The van der Waals surface area contributed by atoms with E-state index in [-0.39, 0.29) is 35.4 Å². The fourth-order valence-electron chi connectivity index (χ4n) is 4.16. The van der Waals surface area contributed by atoms with Crippen molar-refractivity contribution in [1.29, 1.82) is 0 Å². The first-order chi connectivity index (χ1) is 22.8. The van der Waals surface area contributed by atoms with Crippen LogP contribution in [0.25, 0.3) is 33.1 Å². The fourth-order valence-corrected chi connectivity index (χ4v) is 6.91. The van der Waals surface area contributed by atoms with E-state index in [1.54, 1.807) is 18.6 Å². The normalized spacial score (nSPS) is 11.9. The highest BCUT2D eigenvalue weighted by Crippen LogP contribution is 2.39. The molecule has 6 aromatic rings. The first-order valence-corrected chi connectivity index (χ1v) is 19.9. The number of hydrogen-bond donors (Lipinski definition) is 3. The summed E-state index contributed by atoms with van der Waals surface area (Å²) in [6, 6.07) is 5.74. The second kappa shape index (κ2) is 22.4. The maximum atomic E-state index is 7.00. The molecule has 7 rings (SSSR count). The van der Waals surface area contributed by atoms with Crippen molar-refractivity contribution < 1.29 is 9.84 Å². The molecule has 0 amide bonds. The van der Waals surface area contributed by atoms with Gasteiger partial charge in [0.25, 0.3) is 0 Å². The zero-order valence-corrected chi connectivity index (χ0v) is 34.1. The quantitative estimate of drug-likeness (QED) is 0.0846. The van der Waals surface area contributed by atoms with Crippen LogP contribution in [-0.2, 0) is 4.74 Å². The van der Waals surface area contributed by atoms with Gasteiger partial charge in [-0.3, -0.25) is 0 Å². The standard InChI is InChI=1S/C12H17Cl2N3Si.C7H7N3.C6H3Cl2N3.C4H8O.C2H6.CH4O.CH4.ClH/c1-12(2,3)18(4,5)17-7-6-8-9(13)15-11(14)16-10(8)17;1-5-6-2-3-8-7(6)10-4-9-5;7-4-3-1-2-9-5(3)11-6(8)10-4;1-2-4-5-3-1;2*1-2;;/h6-7H,1-5H3;2-4H,1H3,(H,8,9,10);1-2H,(H,9,10,11);1-4H2;1-2H3;2H,1H3;1H4;1H. The molecule has 278 valence electrons. The third kappa shape index (κ3) is 12.6. The Kier molecular flexibility index (Phi) is 21.3. The number of rotatable bonds is 1. The second-order valence-electron chi connectivity index (χ2n) is 11.6. The number of halogens is 5. The van der Waals surface area contributed by atoms with Crippen molar-refractivity contribution in [3.05, 3.63) is 69.7 Å². The van der Waals surface area contributed by atoms with Gasteiger partial charge in [0.1, 0.15) is 33.6 Å². The molecule has 1 saturated heterocycles. The summed E-state index contributed by atoms with van der Waals surface area (Å²) in [6.07, 6.45) is 9.78. The van der Waals surface area contributed by atoms with E-state index >= 15 is 0 Å². The smallest absolute Gasteiger partial charge is 0.225 e. The summed E-state index contributed by atoms with van der Waals surface area (Å²) >= 11 is 23.3. The van der Waals surface area contributed by atoms with Gasteiger partial charge in [-0.25, -0.2) is 24.9 Å². The molecule has 7 heterocycles. The van der Waals surface area contributed by atoms with Crippen LogP contribution in [0.1, 0.15) is 60.6 Å². The molecular weight excluding hydrogens is 760 g/mol. The Morgan fingerprint density at radius 3 is 1.82 bits per heavy atom. The maximum absolute atomic E-state index is 7.00. The molecular formula is C33H50Cl5N9O2Si. The Morgan fingerprint density at radius 1 is 0.780 bits per heavy atom. The number of aromatic amines is 2. The van der Waals surface area contributed by atoms with Gasteiger partial charge < -0.3 is 24.0 Å². The van der Waals surface area contributed by atoms with Crippen LogP contribution < -0.4 is 0 Å². The number of aliphatic hydroxyl groups is 1. The van der Waals surface area contributed by atoms with Gasteiger partial charge >= 0.3 is 0 Å². The predicted molar refractivity (Wildman–Crippen MR) is 216 cm³/mol. The molecule has 1 aliphatic rings. The molecule has 50 heavy (non-hydrogen) atoms. The summed E-state index contributed by atoms with van der Waals surface area (Å²) in [4.78, 5) is 30.0. The molecule has 0 bridgehead atoms. The van der Waals surface area contributed by atoms with Crippen LogP contribution in [0.2, 0.25) is 39.0 Å². The number of aromatic nitrogens is 9. The topological polar surface area (TPSA) is 143 Å². The lowest BCUT2D eigenvalue weighted by molar-refractivity contribution is 0.198. The van der Waals surface area contributed by atoms with Gasteiger partial charge in [0.2, 0.25) is 10.6 Å². The van der Waals surface area contributed by atoms with Gasteiger partial charge in [-0.05, 0) is 72.4 Å². The molecule has 3 N–H and O–H groups in total. The molecule has 1 aliphatic heterocycles. The van der Waals surface area contributed by atoms with Crippen LogP contribution >= 0.6 is 58.8 Å². The van der Waals surface area contributed by atoms with E-state index in [1.165, 1.54) is 12.8 Å². The summed E-state index contributed by atoms with van der Waals surface area (Å²) in [5, 5.41) is 11.1. The van der Waals surface area contributed by atoms with E-state index in [0.717, 1.165) is 53.5 Å². The third-order valence-corrected chi connectivity index (χ3v) is 13.8. The Bertz CT molecular complexity index is 1840. The van der Waals surface area contributed by atoms with Crippen molar-refractivity contribution in [1.82, 2.24) is 44.1 Å². The van der Waals surface area contributed by atoms with Crippen molar-refractivity contribution in [3.63, 3.8) is 0 Å². The number of ether oxygens (including phenoxy) is 1. The number of aryl methyl sites for hydroxylation is 1. The Balaban J connectivity index is 0.000000651. The number of aliphatic hydroxyl groups excluding tert-OH is 1. The lowest BCUT2D eigenvalue weighted by Crippen LogP contribution is -2.45. The molecule has 0 saturated carbocycles. The van der Waals surface area contributed by atoms with Crippen molar-refractivity contribution in [2.45, 2.75) is 79.9 Å². The van der Waals surface area contributed by atoms with Crippen molar-refractivity contribution >= 4 is 100 Å². The van der Waals surface area contributed by atoms with Crippen LogP contribution in [0.4, 0.5) is 0 Å². The summed E-state index contributed by atoms with van der Waals surface area (Å²) in [7, 11) is -0.730. The molecule has 11 nitrogen and oxygen atoms in total. The Labute approximate surface area is 322 Å². The zero-order valence-electron chi connectivity index (χ0n) is 29.3. The maximum Gasteiger partial charge on any atom is 0.225 e. The molecule has 0 spiro atoms. The highest BCUT2D eigenvalue weighted by Gasteiger charge is 2.38. The highest BCUT2D eigenvalue weighted by molar-refractivity contribution is 6.79. The van der Waals surface area contributed by atoms with Gasteiger partial charge in [-0.1, -0.05) is 78.3 Å². The largest absolute Gasteiger partial charge is 0.400 e. The number of hydrogen-bond acceptors (Lipinski definition) is 8. The van der Waals surface area contributed by atoms with Crippen LogP contribution in [0.15, 0.2) is 43.1 Å². The first-order valence-electron chi connectivity index (χ1n) is 15.4. The highest BCUT2D eigenvalue weighted by atomic mass is 35.5. The molecule has 0 atom stereocenters. The molecule has 0 aromatic carbocycles. The fraction of sp³-hybridized carbons (Fsp3) is 0.455. The van der Waals surface area contributed by atoms with Crippen LogP contribution in [0.3, 0.4) is 0 Å².